The fourth-order valence-corrected chi connectivity index (χ4v) is 3.88. The number of rotatable bonds is 6. The quantitative estimate of drug-likeness (QED) is 0.644. The molecule has 0 radical (unpaired) electrons. The number of hydrogen-bond donors (Lipinski definition) is 2. The van der Waals surface area contributed by atoms with Crippen molar-refractivity contribution in [1.82, 2.24) is 14.9 Å². The van der Waals surface area contributed by atoms with Gasteiger partial charge in [-0.2, -0.15) is 4.98 Å². The van der Waals surface area contributed by atoms with E-state index in [1.807, 2.05) is 24.3 Å². The normalized spacial score (nSPS) is 16.4. The SMILES string of the molecule is c1ccc(CN2CCC(Nc3nccc(Nc4ccc5c(c4)OCO5)n3)CC2)cc1. The van der Waals surface area contributed by atoms with Gasteiger partial charge in [0.2, 0.25) is 12.7 Å². The molecule has 0 bridgehead atoms. The highest BCUT2D eigenvalue weighted by atomic mass is 16.7. The van der Waals surface area contributed by atoms with E-state index in [1.54, 1.807) is 6.20 Å². The Balaban J connectivity index is 1.15. The predicted octanol–water partition coefficient (Wildman–Crippen LogP) is 4.03. The fraction of sp³-hybridized carbons (Fsp3) is 0.304. The Labute approximate surface area is 176 Å². The summed E-state index contributed by atoms with van der Waals surface area (Å²) in [5.41, 5.74) is 2.27. The maximum absolute atomic E-state index is 5.44. The predicted molar refractivity (Wildman–Crippen MR) is 116 cm³/mol. The molecule has 1 aromatic heterocycles. The number of likely N-dealkylation sites (tertiary alicyclic amines) is 1. The van der Waals surface area contributed by atoms with Gasteiger partial charge in [-0.15, -0.1) is 0 Å². The summed E-state index contributed by atoms with van der Waals surface area (Å²) in [5, 5.41) is 6.81. The zero-order valence-corrected chi connectivity index (χ0v) is 16.8. The third-order valence-corrected chi connectivity index (χ3v) is 5.47. The third kappa shape index (κ3) is 4.46. The second-order valence-corrected chi connectivity index (χ2v) is 7.64. The lowest BCUT2D eigenvalue weighted by atomic mass is 10.0. The van der Waals surface area contributed by atoms with E-state index in [-0.39, 0.29) is 6.79 Å². The largest absolute Gasteiger partial charge is 0.454 e. The molecule has 7 nitrogen and oxygen atoms in total. The Bertz CT molecular complexity index is 990. The molecule has 0 amide bonds. The van der Waals surface area contributed by atoms with E-state index in [0.29, 0.717) is 12.0 Å². The van der Waals surface area contributed by atoms with E-state index < -0.39 is 0 Å². The van der Waals surface area contributed by atoms with Crippen LogP contribution in [-0.2, 0) is 6.54 Å². The third-order valence-electron chi connectivity index (χ3n) is 5.47. The van der Waals surface area contributed by atoms with E-state index in [9.17, 15) is 0 Å². The molecule has 1 fully saturated rings. The van der Waals surface area contributed by atoms with Gasteiger partial charge in [-0.1, -0.05) is 30.3 Å². The summed E-state index contributed by atoms with van der Waals surface area (Å²) in [5.74, 6) is 2.91. The van der Waals surface area contributed by atoms with Gasteiger partial charge in [0.15, 0.2) is 11.5 Å². The van der Waals surface area contributed by atoms with Crippen molar-refractivity contribution in [3.8, 4) is 11.5 Å². The minimum absolute atomic E-state index is 0.268. The first-order chi connectivity index (χ1) is 14.8. The van der Waals surface area contributed by atoms with Crippen LogP contribution in [0.1, 0.15) is 18.4 Å². The van der Waals surface area contributed by atoms with Gasteiger partial charge in [0.25, 0.3) is 0 Å². The Morgan fingerprint density at radius 2 is 1.80 bits per heavy atom. The number of benzene rings is 2. The lowest BCUT2D eigenvalue weighted by Gasteiger charge is -2.32. The first kappa shape index (κ1) is 18.7. The van der Waals surface area contributed by atoms with Gasteiger partial charge < -0.3 is 20.1 Å². The molecular formula is C23H25N5O2. The molecule has 3 heterocycles. The van der Waals surface area contributed by atoms with Crippen LogP contribution in [0.15, 0.2) is 60.8 Å². The summed E-state index contributed by atoms with van der Waals surface area (Å²) in [6.07, 6.45) is 3.93. The molecule has 2 aliphatic heterocycles. The van der Waals surface area contributed by atoms with Crippen LogP contribution in [-0.4, -0.2) is 40.8 Å². The van der Waals surface area contributed by atoms with Gasteiger partial charge in [0.05, 0.1) is 0 Å². The average molecular weight is 403 g/mol. The molecular weight excluding hydrogens is 378 g/mol. The summed E-state index contributed by atoms with van der Waals surface area (Å²) >= 11 is 0. The standard InChI is InChI=1S/C23H25N5O2/c1-2-4-17(5-3-1)15-28-12-9-18(10-13-28)26-23-24-11-8-22(27-23)25-19-6-7-20-21(14-19)30-16-29-20/h1-8,11,14,18H,9-10,12-13,15-16H2,(H2,24,25,26,27). The summed E-state index contributed by atoms with van der Waals surface area (Å²) in [4.78, 5) is 11.5. The number of piperidine rings is 1. The minimum atomic E-state index is 0.268. The van der Waals surface area contributed by atoms with Crippen LogP contribution in [0.3, 0.4) is 0 Å². The van der Waals surface area contributed by atoms with Crippen LogP contribution in [0.2, 0.25) is 0 Å². The smallest absolute Gasteiger partial charge is 0.231 e. The number of hydrogen-bond acceptors (Lipinski definition) is 7. The highest BCUT2D eigenvalue weighted by Gasteiger charge is 2.20. The number of nitrogens with one attached hydrogen (secondary N) is 2. The van der Waals surface area contributed by atoms with Gasteiger partial charge in [-0.25, -0.2) is 4.98 Å². The van der Waals surface area contributed by atoms with Gasteiger partial charge in [0, 0.05) is 43.6 Å². The molecule has 2 aromatic carbocycles. The molecule has 0 atom stereocenters. The van der Waals surface area contributed by atoms with E-state index in [0.717, 1.165) is 55.5 Å². The first-order valence-electron chi connectivity index (χ1n) is 10.3. The number of fused-ring (bicyclic) bond motifs is 1. The maximum atomic E-state index is 5.44. The van der Waals surface area contributed by atoms with Crippen LogP contribution in [0.25, 0.3) is 0 Å². The van der Waals surface area contributed by atoms with Crippen molar-refractivity contribution in [2.45, 2.75) is 25.4 Å². The molecule has 30 heavy (non-hydrogen) atoms. The van der Waals surface area contributed by atoms with Gasteiger partial charge >= 0.3 is 0 Å². The molecule has 3 aromatic rings. The van der Waals surface area contributed by atoms with Crippen molar-refractivity contribution in [1.29, 1.82) is 0 Å². The average Bonchev–Trinajstić information content (AvgIpc) is 3.24. The molecule has 2 N–H and O–H groups in total. The summed E-state index contributed by atoms with van der Waals surface area (Å²) < 4.78 is 10.8. The van der Waals surface area contributed by atoms with Crippen molar-refractivity contribution >= 4 is 17.5 Å². The van der Waals surface area contributed by atoms with Crippen LogP contribution in [0.5, 0.6) is 11.5 Å². The van der Waals surface area contributed by atoms with Gasteiger partial charge in [-0.05, 0) is 36.6 Å². The second-order valence-electron chi connectivity index (χ2n) is 7.64. The lowest BCUT2D eigenvalue weighted by molar-refractivity contribution is 0.174. The minimum Gasteiger partial charge on any atom is -0.454 e. The zero-order valence-electron chi connectivity index (χ0n) is 16.8. The summed E-state index contributed by atoms with van der Waals surface area (Å²) in [6, 6.07) is 18.7. The first-order valence-corrected chi connectivity index (χ1v) is 10.3. The van der Waals surface area contributed by atoms with E-state index in [1.165, 1.54) is 5.56 Å². The molecule has 5 rings (SSSR count). The van der Waals surface area contributed by atoms with Crippen LogP contribution in [0, 0.1) is 0 Å². The number of ether oxygens (including phenoxy) is 2. The molecule has 154 valence electrons. The molecule has 0 aliphatic carbocycles. The zero-order chi connectivity index (χ0) is 20.2. The molecule has 0 saturated carbocycles. The second kappa shape index (κ2) is 8.59. The Kier molecular flexibility index (Phi) is 5.35. The van der Waals surface area contributed by atoms with Crippen LogP contribution in [0.4, 0.5) is 17.5 Å². The van der Waals surface area contributed by atoms with Gasteiger partial charge in [-0.3, -0.25) is 4.90 Å². The van der Waals surface area contributed by atoms with Crippen molar-refractivity contribution in [3.05, 3.63) is 66.4 Å². The fourth-order valence-electron chi connectivity index (χ4n) is 3.88. The Morgan fingerprint density at radius 3 is 2.67 bits per heavy atom. The van der Waals surface area contributed by atoms with Gasteiger partial charge in [0.1, 0.15) is 5.82 Å². The molecule has 0 spiro atoms. The van der Waals surface area contributed by atoms with Crippen molar-refractivity contribution < 1.29 is 9.47 Å². The number of anilines is 3. The maximum Gasteiger partial charge on any atom is 0.231 e. The molecule has 7 heteroatoms. The highest BCUT2D eigenvalue weighted by molar-refractivity contribution is 5.62. The molecule has 0 unspecified atom stereocenters. The highest BCUT2D eigenvalue weighted by Crippen LogP contribution is 2.35. The number of aromatic nitrogens is 2. The van der Waals surface area contributed by atoms with E-state index in [4.69, 9.17) is 9.47 Å². The summed E-state index contributed by atoms with van der Waals surface area (Å²) in [6.45, 7) is 3.42. The van der Waals surface area contributed by atoms with Crippen molar-refractivity contribution in [2.24, 2.45) is 0 Å². The Morgan fingerprint density at radius 1 is 0.967 bits per heavy atom. The summed E-state index contributed by atoms with van der Waals surface area (Å²) in [7, 11) is 0. The number of nitrogens with zero attached hydrogens (tertiary/aromatic N) is 3. The van der Waals surface area contributed by atoms with Crippen LogP contribution >= 0.6 is 0 Å². The van der Waals surface area contributed by atoms with E-state index >= 15 is 0 Å². The molecule has 1 saturated heterocycles. The van der Waals surface area contributed by atoms with E-state index in [2.05, 4.69) is 55.8 Å². The van der Waals surface area contributed by atoms with Crippen LogP contribution < -0.4 is 20.1 Å². The lowest BCUT2D eigenvalue weighted by Crippen LogP contribution is -2.38. The molecule has 2 aliphatic rings. The van der Waals surface area contributed by atoms with Crippen molar-refractivity contribution in [2.75, 3.05) is 30.5 Å². The Hall–Kier alpha value is -3.32. The monoisotopic (exact) mass is 403 g/mol. The van der Waals surface area contributed by atoms with Crippen molar-refractivity contribution in [3.63, 3.8) is 0 Å². The topological polar surface area (TPSA) is 71.5 Å².